The second-order valence-corrected chi connectivity index (χ2v) is 17.5. The summed E-state index contributed by atoms with van der Waals surface area (Å²) in [6.07, 6.45) is 39.1. The number of ether oxygens (including phenoxy) is 2. The van der Waals surface area contributed by atoms with E-state index in [0.29, 0.717) is 17.4 Å². The van der Waals surface area contributed by atoms with Crippen molar-refractivity contribution >= 4 is 19.8 Å². The molecule has 0 spiro atoms. The molecule has 0 heterocycles. The highest BCUT2D eigenvalue weighted by Gasteiger charge is 2.21. The number of carbonyl (C=O) groups is 2. The number of unbranched alkanes of at least 4 members (excludes halogenated alkanes) is 22. The normalized spacial score (nSPS) is 13.8. The van der Waals surface area contributed by atoms with Gasteiger partial charge in [0.15, 0.2) is 6.10 Å². The van der Waals surface area contributed by atoms with Crippen molar-refractivity contribution in [1.82, 2.24) is 0 Å². The molecule has 1 unspecified atom stereocenters. The Morgan fingerprint density at radius 2 is 1.00 bits per heavy atom. The maximum atomic E-state index is 12.7. The van der Waals surface area contributed by atoms with Crippen LogP contribution in [0, 0.1) is 0 Å². The van der Waals surface area contributed by atoms with E-state index in [-0.39, 0.29) is 32.0 Å². The van der Waals surface area contributed by atoms with Crippen LogP contribution in [-0.4, -0.2) is 70.0 Å². The molecule has 54 heavy (non-hydrogen) atoms. The van der Waals surface area contributed by atoms with Crippen molar-refractivity contribution in [2.45, 2.75) is 200 Å². The van der Waals surface area contributed by atoms with Gasteiger partial charge in [0, 0.05) is 12.8 Å². The van der Waals surface area contributed by atoms with Crippen LogP contribution in [0.3, 0.4) is 0 Å². The van der Waals surface area contributed by atoms with Crippen LogP contribution in [0.1, 0.15) is 194 Å². The van der Waals surface area contributed by atoms with Gasteiger partial charge in [0.1, 0.15) is 19.8 Å². The molecule has 0 bridgehead atoms. The Balaban J connectivity index is 4.37. The minimum absolute atomic E-state index is 0.0319. The van der Waals surface area contributed by atoms with E-state index >= 15 is 0 Å². The maximum Gasteiger partial charge on any atom is 0.306 e. The van der Waals surface area contributed by atoms with Crippen LogP contribution in [0.4, 0.5) is 0 Å². The Bertz CT molecular complexity index is 980. The third-order valence-electron chi connectivity index (χ3n) is 9.47. The van der Waals surface area contributed by atoms with Crippen LogP contribution < -0.4 is 4.89 Å². The van der Waals surface area contributed by atoms with Gasteiger partial charge in [-0.15, -0.1) is 0 Å². The number of nitrogens with zero attached hydrogens (tertiary/aromatic N) is 1. The summed E-state index contributed by atoms with van der Waals surface area (Å²) in [5.41, 5.74) is 0. The topological polar surface area (TPSA) is 111 Å². The Morgan fingerprint density at radius 1 is 0.574 bits per heavy atom. The fourth-order valence-electron chi connectivity index (χ4n) is 5.98. The summed E-state index contributed by atoms with van der Waals surface area (Å²) in [6, 6.07) is 0. The van der Waals surface area contributed by atoms with Crippen molar-refractivity contribution in [3.8, 4) is 0 Å². The first-order valence-corrected chi connectivity index (χ1v) is 23.5. The van der Waals surface area contributed by atoms with E-state index in [1.54, 1.807) is 0 Å². The standard InChI is InChI=1S/C44H84NO8P/c1-6-8-10-12-14-16-18-20-22-24-26-28-30-32-34-36-43(46)50-40-42(41-52-54(48,49)51-39-38-45(3,4)5)53-44(47)37-35-33-31-29-27-25-23-21-19-17-15-13-11-9-7-2/h15,17,21,23,42H,6-14,16,18-20,22,24-41H2,1-5H3/t42-/m1/s1. The molecule has 0 aliphatic carbocycles. The summed E-state index contributed by atoms with van der Waals surface area (Å²) < 4.78 is 33.9. The van der Waals surface area contributed by atoms with E-state index in [1.165, 1.54) is 103 Å². The molecule has 0 amide bonds. The molecule has 0 aromatic heterocycles. The van der Waals surface area contributed by atoms with Crippen molar-refractivity contribution in [2.75, 3.05) is 47.5 Å². The largest absolute Gasteiger partial charge is 0.756 e. The first kappa shape index (κ1) is 52.5. The summed E-state index contributed by atoms with van der Waals surface area (Å²) in [7, 11) is 1.16. The zero-order chi connectivity index (χ0) is 40.0. The zero-order valence-electron chi connectivity index (χ0n) is 35.7. The molecule has 0 fully saturated rings. The van der Waals surface area contributed by atoms with E-state index in [1.807, 2.05) is 21.1 Å². The number of hydrogen-bond acceptors (Lipinski definition) is 8. The molecule has 0 aromatic carbocycles. The lowest BCUT2D eigenvalue weighted by Crippen LogP contribution is -2.37. The molecule has 318 valence electrons. The quantitative estimate of drug-likeness (QED) is 0.0198. The second kappa shape index (κ2) is 37.1. The molecule has 0 radical (unpaired) electrons. The smallest absolute Gasteiger partial charge is 0.306 e. The van der Waals surface area contributed by atoms with Gasteiger partial charge in [-0.2, -0.15) is 0 Å². The summed E-state index contributed by atoms with van der Waals surface area (Å²) in [5, 5.41) is 0. The monoisotopic (exact) mass is 786 g/mol. The van der Waals surface area contributed by atoms with E-state index in [4.69, 9.17) is 18.5 Å². The minimum atomic E-state index is -4.62. The number of phosphoric ester groups is 1. The van der Waals surface area contributed by atoms with Crippen LogP contribution in [0.2, 0.25) is 0 Å². The van der Waals surface area contributed by atoms with E-state index in [0.717, 1.165) is 57.8 Å². The summed E-state index contributed by atoms with van der Waals surface area (Å²) >= 11 is 0. The summed E-state index contributed by atoms with van der Waals surface area (Å²) in [4.78, 5) is 37.5. The predicted molar refractivity (Wildman–Crippen MR) is 222 cm³/mol. The summed E-state index contributed by atoms with van der Waals surface area (Å²) in [6.45, 7) is 4.20. The molecule has 2 atom stereocenters. The first-order valence-electron chi connectivity index (χ1n) is 22.0. The number of quaternary nitrogens is 1. The fraction of sp³-hybridized carbons (Fsp3) is 0.864. The van der Waals surface area contributed by atoms with Gasteiger partial charge >= 0.3 is 11.9 Å². The lowest BCUT2D eigenvalue weighted by molar-refractivity contribution is -0.870. The number of allylic oxidation sites excluding steroid dienone is 4. The molecular formula is C44H84NO8P. The van der Waals surface area contributed by atoms with Gasteiger partial charge in [0.2, 0.25) is 0 Å². The van der Waals surface area contributed by atoms with Crippen LogP contribution >= 0.6 is 7.82 Å². The molecule has 0 aliphatic rings. The highest BCUT2D eigenvalue weighted by Crippen LogP contribution is 2.38. The Kier molecular flexibility index (Phi) is 36.1. The lowest BCUT2D eigenvalue weighted by atomic mass is 10.0. The number of likely N-dealkylation sites (N-methyl/N-ethyl adjacent to an activating group) is 1. The fourth-order valence-corrected chi connectivity index (χ4v) is 6.71. The molecule has 0 saturated carbocycles. The van der Waals surface area contributed by atoms with Crippen molar-refractivity contribution in [3.05, 3.63) is 24.3 Å². The number of hydrogen-bond donors (Lipinski definition) is 0. The van der Waals surface area contributed by atoms with Crippen molar-refractivity contribution < 1.29 is 42.1 Å². The SMILES string of the molecule is CCCCCC=CCC=CCCCCCCCC(=O)O[C@H](COC(=O)CCCCCCCCCCCCCCCCC)COP(=O)([O-])OCC[N+](C)(C)C. The average molecular weight is 786 g/mol. The molecule has 9 nitrogen and oxygen atoms in total. The predicted octanol–water partition coefficient (Wildman–Crippen LogP) is 11.7. The van der Waals surface area contributed by atoms with Crippen molar-refractivity contribution in [2.24, 2.45) is 0 Å². The number of carbonyl (C=O) groups excluding carboxylic acids is 2. The molecule has 0 saturated heterocycles. The molecule has 0 N–H and O–H groups in total. The van der Waals surface area contributed by atoms with Crippen molar-refractivity contribution in [1.29, 1.82) is 0 Å². The third-order valence-corrected chi connectivity index (χ3v) is 10.4. The second-order valence-electron chi connectivity index (χ2n) is 16.1. The van der Waals surface area contributed by atoms with Gasteiger partial charge < -0.3 is 27.9 Å². The zero-order valence-corrected chi connectivity index (χ0v) is 36.6. The summed E-state index contributed by atoms with van der Waals surface area (Å²) in [5.74, 6) is -0.844. The molecule has 0 rings (SSSR count). The third kappa shape index (κ3) is 40.2. The van der Waals surface area contributed by atoms with Gasteiger partial charge in [-0.1, -0.05) is 160 Å². The molecular weight excluding hydrogens is 701 g/mol. The molecule has 0 aromatic rings. The number of rotatable bonds is 40. The lowest BCUT2D eigenvalue weighted by Gasteiger charge is -2.28. The number of esters is 2. The van der Waals surface area contributed by atoms with E-state index < -0.39 is 26.5 Å². The van der Waals surface area contributed by atoms with Crippen LogP contribution in [-0.2, 0) is 32.7 Å². The van der Waals surface area contributed by atoms with Crippen molar-refractivity contribution in [3.63, 3.8) is 0 Å². The maximum absolute atomic E-state index is 12.7. The highest BCUT2D eigenvalue weighted by molar-refractivity contribution is 7.45. The van der Waals surface area contributed by atoms with E-state index in [2.05, 4.69) is 38.2 Å². The van der Waals surface area contributed by atoms with Gasteiger partial charge in [0.25, 0.3) is 7.82 Å². The minimum Gasteiger partial charge on any atom is -0.756 e. The Hall–Kier alpha value is -1.51. The van der Waals surface area contributed by atoms with Gasteiger partial charge in [-0.05, 0) is 44.9 Å². The van der Waals surface area contributed by atoms with Gasteiger partial charge in [-0.3, -0.25) is 14.2 Å². The van der Waals surface area contributed by atoms with Gasteiger partial charge in [-0.25, -0.2) is 0 Å². The Labute approximate surface area is 332 Å². The Morgan fingerprint density at radius 3 is 1.50 bits per heavy atom. The van der Waals surface area contributed by atoms with Gasteiger partial charge in [0.05, 0.1) is 27.7 Å². The highest BCUT2D eigenvalue weighted by atomic mass is 31.2. The molecule has 10 heteroatoms. The number of phosphoric acid groups is 1. The first-order chi connectivity index (χ1) is 26.0. The van der Waals surface area contributed by atoms with E-state index in [9.17, 15) is 19.0 Å². The molecule has 0 aliphatic heterocycles. The van der Waals surface area contributed by atoms with Crippen LogP contribution in [0.15, 0.2) is 24.3 Å². The average Bonchev–Trinajstić information content (AvgIpc) is 3.12. The van der Waals surface area contributed by atoms with Crippen LogP contribution in [0.5, 0.6) is 0 Å². The van der Waals surface area contributed by atoms with Crippen LogP contribution in [0.25, 0.3) is 0 Å².